The first-order valence-electron chi connectivity index (χ1n) is 6.85. The van der Waals surface area contributed by atoms with E-state index >= 15 is 0 Å². The van der Waals surface area contributed by atoms with E-state index in [9.17, 15) is 0 Å². The molecule has 1 N–H and O–H groups in total. The number of hydrogen-bond acceptors (Lipinski definition) is 3. The summed E-state index contributed by atoms with van der Waals surface area (Å²) in [5.41, 5.74) is 2.36. The summed E-state index contributed by atoms with van der Waals surface area (Å²) in [5.74, 6) is 1.81. The van der Waals surface area contributed by atoms with Gasteiger partial charge < -0.3 is 10.1 Å². The summed E-state index contributed by atoms with van der Waals surface area (Å²) in [6.07, 6.45) is 1.84. The second kappa shape index (κ2) is 5.95. The van der Waals surface area contributed by atoms with Gasteiger partial charge in [0.15, 0.2) is 0 Å². The molecule has 0 aliphatic rings. The molecular formula is C17H22N2O. The van der Waals surface area contributed by atoms with E-state index < -0.39 is 0 Å². The van der Waals surface area contributed by atoms with Gasteiger partial charge in [0.2, 0.25) is 0 Å². The van der Waals surface area contributed by atoms with Crippen molar-refractivity contribution < 1.29 is 4.74 Å². The molecule has 2 aromatic rings. The Morgan fingerprint density at radius 2 is 1.85 bits per heavy atom. The van der Waals surface area contributed by atoms with Crippen LogP contribution in [0, 0.1) is 0 Å². The number of benzene rings is 1. The number of rotatable bonds is 4. The number of nitrogens with zero attached hydrogens (tertiary/aromatic N) is 1. The molecule has 1 aromatic heterocycles. The quantitative estimate of drug-likeness (QED) is 0.911. The first-order valence-corrected chi connectivity index (χ1v) is 6.85. The molecule has 0 aliphatic carbocycles. The fraction of sp³-hybridized carbons (Fsp3) is 0.353. The maximum absolute atomic E-state index is 5.96. The van der Waals surface area contributed by atoms with Crippen LogP contribution < -0.4 is 10.1 Å². The molecule has 0 unspecified atom stereocenters. The highest BCUT2D eigenvalue weighted by molar-refractivity contribution is 5.39. The lowest BCUT2D eigenvalue weighted by molar-refractivity contribution is 0.297. The molecule has 3 heteroatoms. The molecular weight excluding hydrogens is 248 g/mol. The Hall–Kier alpha value is -2.03. The Kier molecular flexibility index (Phi) is 4.28. The van der Waals surface area contributed by atoms with Gasteiger partial charge >= 0.3 is 0 Å². The minimum Gasteiger partial charge on any atom is -0.489 e. The van der Waals surface area contributed by atoms with Crippen molar-refractivity contribution in [3.63, 3.8) is 0 Å². The molecule has 0 atom stereocenters. The molecule has 0 spiro atoms. The molecule has 1 heterocycles. The van der Waals surface area contributed by atoms with Crippen LogP contribution in [-0.4, -0.2) is 12.0 Å². The van der Waals surface area contributed by atoms with Crippen molar-refractivity contribution in [3.8, 4) is 5.75 Å². The maximum Gasteiger partial charge on any atom is 0.125 e. The second-order valence-electron chi connectivity index (χ2n) is 5.84. The monoisotopic (exact) mass is 270 g/mol. The van der Waals surface area contributed by atoms with E-state index in [4.69, 9.17) is 4.74 Å². The molecule has 0 radical (unpaired) electrons. The Balaban J connectivity index is 2.10. The average molecular weight is 270 g/mol. The van der Waals surface area contributed by atoms with Crippen LogP contribution in [0.1, 0.15) is 31.9 Å². The van der Waals surface area contributed by atoms with Crippen molar-refractivity contribution in [2.45, 2.75) is 32.8 Å². The van der Waals surface area contributed by atoms with Crippen molar-refractivity contribution >= 4 is 5.82 Å². The molecule has 0 saturated heterocycles. The number of ether oxygens (including phenoxy) is 1. The third-order valence-electron chi connectivity index (χ3n) is 3.17. The lowest BCUT2D eigenvalue weighted by Crippen LogP contribution is -2.13. The van der Waals surface area contributed by atoms with E-state index in [2.05, 4.69) is 43.2 Å². The normalized spacial score (nSPS) is 11.2. The van der Waals surface area contributed by atoms with Gasteiger partial charge in [0.05, 0.1) is 0 Å². The maximum atomic E-state index is 5.96. The Morgan fingerprint density at radius 3 is 2.45 bits per heavy atom. The lowest BCUT2D eigenvalue weighted by Gasteiger charge is -2.22. The number of aromatic nitrogens is 1. The van der Waals surface area contributed by atoms with Crippen LogP contribution in [0.25, 0.3) is 0 Å². The van der Waals surface area contributed by atoms with Gasteiger partial charge in [0, 0.05) is 18.8 Å². The van der Waals surface area contributed by atoms with Gasteiger partial charge in [0.25, 0.3) is 0 Å². The standard InChI is InChI=1S/C17H22N2O/c1-17(2,3)14-7-5-6-8-15(14)20-12-13-9-10-16(18-4)19-11-13/h5-11H,12H2,1-4H3,(H,18,19). The van der Waals surface area contributed by atoms with Crippen LogP contribution in [0.5, 0.6) is 5.75 Å². The van der Waals surface area contributed by atoms with Crippen molar-refractivity contribution in [1.82, 2.24) is 4.98 Å². The molecule has 0 saturated carbocycles. The molecule has 0 aliphatic heterocycles. The highest BCUT2D eigenvalue weighted by atomic mass is 16.5. The van der Waals surface area contributed by atoms with Crippen molar-refractivity contribution in [1.29, 1.82) is 0 Å². The highest BCUT2D eigenvalue weighted by Crippen LogP contribution is 2.31. The molecule has 1 aromatic carbocycles. The molecule has 3 nitrogen and oxygen atoms in total. The largest absolute Gasteiger partial charge is 0.489 e. The third-order valence-corrected chi connectivity index (χ3v) is 3.17. The van der Waals surface area contributed by atoms with Crippen LogP contribution in [0.4, 0.5) is 5.82 Å². The first-order chi connectivity index (χ1) is 9.50. The SMILES string of the molecule is CNc1ccc(COc2ccccc2C(C)(C)C)cn1. The molecule has 0 fully saturated rings. The van der Waals surface area contributed by atoms with Crippen LogP contribution in [0.3, 0.4) is 0 Å². The number of para-hydroxylation sites is 1. The van der Waals surface area contributed by atoms with Crippen LogP contribution in [0.15, 0.2) is 42.6 Å². The third kappa shape index (κ3) is 3.50. The van der Waals surface area contributed by atoms with Gasteiger partial charge in [-0.1, -0.05) is 45.0 Å². The summed E-state index contributed by atoms with van der Waals surface area (Å²) in [4.78, 5) is 4.29. The van der Waals surface area contributed by atoms with Crippen molar-refractivity contribution in [2.75, 3.05) is 12.4 Å². The first kappa shape index (κ1) is 14.4. The smallest absolute Gasteiger partial charge is 0.125 e. The minimum atomic E-state index is 0.0742. The van der Waals surface area contributed by atoms with E-state index in [1.165, 1.54) is 5.56 Å². The molecule has 2 rings (SSSR count). The van der Waals surface area contributed by atoms with Crippen LogP contribution >= 0.6 is 0 Å². The predicted molar refractivity (Wildman–Crippen MR) is 83.3 cm³/mol. The summed E-state index contributed by atoms with van der Waals surface area (Å²) < 4.78 is 5.96. The number of hydrogen-bond donors (Lipinski definition) is 1. The molecule has 106 valence electrons. The summed E-state index contributed by atoms with van der Waals surface area (Å²) in [6, 6.07) is 12.2. The Labute approximate surface area is 121 Å². The van der Waals surface area contributed by atoms with Crippen LogP contribution in [-0.2, 0) is 12.0 Å². The number of pyridine rings is 1. The fourth-order valence-electron chi connectivity index (χ4n) is 2.03. The lowest BCUT2D eigenvalue weighted by atomic mass is 9.86. The zero-order valence-corrected chi connectivity index (χ0v) is 12.6. The highest BCUT2D eigenvalue weighted by Gasteiger charge is 2.18. The van der Waals surface area contributed by atoms with Crippen molar-refractivity contribution in [2.24, 2.45) is 0 Å². The zero-order valence-electron chi connectivity index (χ0n) is 12.6. The summed E-state index contributed by atoms with van der Waals surface area (Å²) in [6.45, 7) is 7.11. The fourth-order valence-corrected chi connectivity index (χ4v) is 2.03. The van der Waals surface area contributed by atoms with E-state index in [-0.39, 0.29) is 5.41 Å². The van der Waals surface area contributed by atoms with E-state index in [0.717, 1.165) is 17.1 Å². The predicted octanol–water partition coefficient (Wildman–Crippen LogP) is 4.00. The van der Waals surface area contributed by atoms with Crippen LogP contribution in [0.2, 0.25) is 0 Å². The van der Waals surface area contributed by atoms with Crippen molar-refractivity contribution in [3.05, 3.63) is 53.7 Å². The summed E-state index contributed by atoms with van der Waals surface area (Å²) in [7, 11) is 1.86. The van der Waals surface area contributed by atoms with Gasteiger partial charge in [-0.05, 0) is 23.1 Å². The Morgan fingerprint density at radius 1 is 1.10 bits per heavy atom. The van der Waals surface area contributed by atoms with Gasteiger partial charge in [-0.2, -0.15) is 0 Å². The number of anilines is 1. The molecule has 20 heavy (non-hydrogen) atoms. The average Bonchev–Trinajstić information content (AvgIpc) is 2.45. The number of nitrogens with one attached hydrogen (secondary N) is 1. The molecule has 0 bridgehead atoms. The van der Waals surface area contributed by atoms with E-state index in [0.29, 0.717) is 6.61 Å². The minimum absolute atomic E-state index is 0.0742. The summed E-state index contributed by atoms with van der Waals surface area (Å²) >= 11 is 0. The van der Waals surface area contributed by atoms with Gasteiger partial charge in [0.1, 0.15) is 18.2 Å². The van der Waals surface area contributed by atoms with Gasteiger partial charge in [-0.15, -0.1) is 0 Å². The van der Waals surface area contributed by atoms with Gasteiger partial charge in [-0.25, -0.2) is 4.98 Å². The Bertz CT molecular complexity index is 556. The van der Waals surface area contributed by atoms with Gasteiger partial charge in [-0.3, -0.25) is 0 Å². The topological polar surface area (TPSA) is 34.1 Å². The molecule has 0 amide bonds. The summed E-state index contributed by atoms with van der Waals surface area (Å²) in [5, 5.41) is 3.01. The second-order valence-corrected chi connectivity index (χ2v) is 5.84. The van der Waals surface area contributed by atoms with E-state index in [1.807, 2.05) is 37.5 Å². The van der Waals surface area contributed by atoms with E-state index in [1.54, 1.807) is 0 Å². The zero-order chi connectivity index (χ0) is 14.6.